The zero-order valence-corrected chi connectivity index (χ0v) is 13.0. The van der Waals surface area contributed by atoms with E-state index in [1.807, 2.05) is 43.4 Å². The maximum absolute atomic E-state index is 9.03. The lowest BCUT2D eigenvalue weighted by atomic mass is 10.1. The van der Waals surface area contributed by atoms with Crippen LogP contribution in [0.5, 0.6) is 5.75 Å². The quantitative estimate of drug-likeness (QED) is 0.851. The zero-order valence-electron chi connectivity index (χ0n) is 11.4. The van der Waals surface area contributed by atoms with Crippen LogP contribution in [0.3, 0.4) is 0 Å². The molecule has 4 heteroatoms. The third-order valence-corrected chi connectivity index (χ3v) is 3.51. The van der Waals surface area contributed by atoms with Crippen LogP contribution in [-0.4, -0.2) is 14.2 Å². The first-order chi connectivity index (χ1) is 9.63. The molecule has 0 aromatic heterocycles. The monoisotopic (exact) mass is 330 g/mol. The highest BCUT2D eigenvalue weighted by Crippen LogP contribution is 2.25. The van der Waals surface area contributed by atoms with Crippen molar-refractivity contribution in [2.24, 2.45) is 0 Å². The number of methoxy groups -OCH3 is 1. The summed E-state index contributed by atoms with van der Waals surface area (Å²) in [5.41, 5.74) is 2.74. The minimum Gasteiger partial charge on any atom is -0.496 e. The second-order valence-corrected chi connectivity index (χ2v) is 5.39. The van der Waals surface area contributed by atoms with Gasteiger partial charge in [0.1, 0.15) is 5.75 Å². The topological polar surface area (TPSA) is 36.3 Å². The number of hydrogen-bond acceptors (Lipinski definition) is 3. The summed E-state index contributed by atoms with van der Waals surface area (Å²) in [5, 5.41) is 9.03. The summed E-state index contributed by atoms with van der Waals surface area (Å²) in [7, 11) is 3.67. The fourth-order valence-corrected chi connectivity index (χ4v) is 2.52. The molecule has 0 fully saturated rings. The van der Waals surface area contributed by atoms with Crippen LogP contribution in [0.25, 0.3) is 0 Å². The fraction of sp³-hybridized carbons (Fsp3) is 0.188. The van der Waals surface area contributed by atoms with Crippen LogP contribution in [0, 0.1) is 11.3 Å². The summed E-state index contributed by atoms with van der Waals surface area (Å²) in [6.45, 7) is 0.714. The van der Waals surface area contributed by atoms with Crippen LogP contribution in [0.15, 0.2) is 46.9 Å². The number of para-hydroxylation sites is 1. The maximum atomic E-state index is 9.03. The molecule has 102 valence electrons. The van der Waals surface area contributed by atoms with E-state index < -0.39 is 0 Å². The van der Waals surface area contributed by atoms with Crippen LogP contribution < -0.4 is 9.64 Å². The van der Waals surface area contributed by atoms with Gasteiger partial charge in [0.25, 0.3) is 0 Å². The lowest BCUT2D eigenvalue weighted by molar-refractivity contribution is 0.409. The van der Waals surface area contributed by atoms with Crippen molar-refractivity contribution in [1.82, 2.24) is 0 Å². The van der Waals surface area contributed by atoms with E-state index in [0.29, 0.717) is 12.1 Å². The number of nitriles is 1. The Labute approximate surface area is 127 Å². The Bertz CT molecular complexity index is 649. The molecule has 0 saturated carbocycles. The first kappa shape index (κ1) is 14.4. The summed E-state index contributed by atoms with van der Waals surface area (Å²) in [5.74, 6) is 0.870. The van der Waals surface area contributed by atoms with Crippen molar-refractivity contribution in [3.05, 3.63) is 58.1 Å². The summed E-state index contributed by atoms with van der Waals surface area (Å²) >= 11 is 3.43. The summed E-state index contributed by atoms with van der Waals surface area (Å²) < 4.78 is 6.26. The maximum Gasteiger partial charge on any atom is 0.123 e. The van der Waals surface area contributed by atoms with Gasteiger partial charge in [0.2, 0.25) is 0 Å². The summed E-state index contributed by atoms with van der Waals surface area (Å²) in [4.78, 5) is 2.09. The van der Waals surface area contributed by atoms with Crippen LogP contribution in [0.4, 0.5) is 5.69 Å². The molecule has 0 aliphatic rings. The third-order valence-electron chi connectivity index (χ3n) is 3.05. The molecular formula is C16H15BrN2O. The second kappa shape index (κ2) is 6.44. The Balaban J connectivity index is 2.26. The largest absolute Gasteiger partial charge is 0.496 e. The van der Waals surface area contributed by atoms with Crippen LogP contribution in [0.2, 0.25) is 0 Å². The Morgan fingerprint density at radius 1 is 1.25 bits per heavy atom. The zero-order chi connectivity index (χ0) is 14.5. The summed E-state index contributed by atoms with van der Waals surface area (Å²) in [6, 6.07) is 15.8. The van der Waals surface area contributed by atoms with Gasteiger partial charge >= 0.3 is 0 Å². The normalized spacial score (nSPS) is 9.90. The molecule has 0 heterocycles. The molecular weight excluding hydrogens is 316 g/mol. The van der Waals surface area contributed by atoms with Gasteiger partial charge in [-0.25, -0.2) is 0 Å². The van der Waals surface area contributed by atoms with E-state index >= 15 is 0 Å². The molecule has 3 nitrogen and oxygen atoms in total. The van der Waals surface area contributed by atoms with Gasteiger partial charge in [-0.3, -0.25) is 0 Å². The molecule has 0 aliphatic heterocycles. The molecule has 20 heavy (non-hydrogen) atoms. The molecule has 0 amide bonds. The molecule has 2 rings (SSSR count). The van der Waals surface area contributed by atoms with Crippen molar-refractivity contribution >= 4 is 21.6 Å². The Hall–Kier alpha value is -1.99. The Kier molecular flexibility index (Phi) is 4.65. The van der Waals surface area contributed by atoms with Gasteiger partial charge in [0.15, 0.2) is 0 Å². The highest BCUT2D eigenvalue weighted by atomic mass is 79.9. The average Bonchev–Trinajstić information content (AvgIpc) is 2.47. The minimum atomic E-state index is 0.640. The molecule has 0 aliphatic carbocycles. The number of nitrogens with zero attached hydrogens (tertiary/aromatic N) is 2. The number of benzene rings is 2. The van der Waals surface area contributed by atoms with E-state index in [4.69, 9.17) is 10.00 Å². The van der Waals surface area contributed by atoms with E-state index in [1.54, 1.807) is 13.2 Å². The molecule has 0 atom stereocenters. The van der Waals surface area contributed by atoms with Gasteiger partial charge in [-0.2, -0.15) is 5.26 Å². The number of anilines is 1. The van der Waals surface area contributed by atoms with Crippen LogP contribution in [-0.2, 0) is 6.54 Å². The number of hydrogen-bond donors (Lipinski definition) is 0. The molecule has 2 aromatic rings. The van der Waals surface area contributed by atoms with E-state index in [0.717, 1.165) is 21.5 Å². The molecule has 0 radical (unpaired) electrons. The van der Waals surface area contributed by atoms with E-state index in [2.05, 4.69) is 26.9 Å². The smallest absolute Gasteiger partial charge is 0.123 e. The highest BCUT2D eigenvalue weighted by Gasteiger charge is 2.08. The van der Waals surface area contributed by atoms with Crippen molar-refractivity contribution in [1.29, 1.82) is 5.26 Å². The van der Waals surface area contributed by atoms with Crippen molar-refractivity contribution in [2.75, 3.05) is 19.1 Å². The molecule has 2 aromatic carbocycles. The first-order valence-corrected chi connectivity index (χ1v) is 6.97. The van der Waals surface area contributed by atoms with E-state index in [9.17, 15) is 0 Å². The minimum absolute atomic E-state index is 0.640. The molecule has 0 unspecified atom stereocenters. The van der Waals surface area contributed by atoms with Gasteiger partial charge in [0.05, 0.1) is 18.7 Å². The predicted molar refractivity (Wildman–Crippen MR) is 84.0 cm³/mol. The van der Waals surface area contributed by atoms with Gasteiger partial charge in [-0.15, -0.1) is 0 Å². The molecule has 0 N–H and O–H groups in total. The van der Waals surface area contributed by atoms with Gasteiger partial charge < -0.3 is 9.64 Å². The van der Waals surface area contributed by atoms with Crippen molar-refractivity contribution in [3.63, 3.8) is 0 Å². The number of rotatable bonds is 4. The van der Waals surface area contributed by atoms with Gasteiger partial charge in [0, 0.05) is 29.3 Å². The van der Waals surface area contributed by atoms with Crippen molar-refractivity contribution < 1.29 is 4.74 Å². The van der Waals surface area contributed by atoms with E-state index in [-0.39, 0.29) is 0 Å². The highest BCUT2D eigenvalue weighted by molar-refractivity contribution is 9.10. The van der Waals surface area contributed by atoms with Crippen molar-refractivity contribution in [2.45, 2.75) is 6.54 Å². The standard InChI is InChI=1S/C16H15BrN2O/c1-19(11-13-5-3-4-6-16(13)20-2)15-8-12(10-18)7-14(17)9-15/h3-9H,11H2,1-2H3. The second-order valence-electron chi connectivity index (χ2n) is 4.48. The van der Waals surface area contributed by atoms with E-state index in [1.165, 1.54) is 0 Å². The molecule has 0 bridgehead atoms. The lowest BCUT2D eigenvalue weighted by Gasteiger charge is -2.21. The van der Waals surface area contributed by atoms with Crippen molar-refractivity contribution in [3.8, 4) is 11.8 Å². The number of halogens is 1. The fourth-order valence-electron chi connectivity index (χ4n) is 2.04. The summed E-state index contributed by atoms with van der Waals surface area (Å²) in [6.07, 6.45) is 0. The van der Waals surface area contributed by atoms with Gasteiger partial charge in [-0.05, 0) is 24.3 Å². The van der Waals surface area contributed by atoms with Gasteiger partial charge in [-0.1, -0.05) is 34.1 Å². The first-order valence-electron chi connectivity index (χ1n) is 6.17. The Morgan fingerprint density at radius 2 is 2.00 bits per heavy atom. The van der Waals surface area contributed by atoms with Crippen LogP contribution in [0.1, 0.15) is 11.1 Å². The SMILES string of the molecule is COc1ccccc1CN(C)c1cc(Br)cc(C#N)c1. The average molecular weight is 331 g/mol. The number of ether oxygens (including phenoxy) is 1. The Morgan fingerprint density at radius 3 is 2.70 bits per heavy atom. The predicted octanol–water partition coefficient (Wildman–Crippen LogP) is 3.97. The lowest BCUT2D eigenvalue weighted by Crippen LogP contribution is -2.17. The third kappa shape index (κ3) is 3.31. The molecule has 0 spiro atoms. The molecule has 0 saturated heterocycles. The van der Waals surface area contributed by atoms with Crippen LogP contribution >= 0.6 is 15.9 Å².